The molecule has 9 heteroatoms. The van der Waals surface area contributed by atoms with Crippen LogP contribution in [0.1, 0.15) is 31.9 Å². The molecule has 1 heterocycles. The van der Waals surface area contributed by atoms with Gasteiger partial charge in [-0.3, -0.25) is 4.79 Å². The third kappa shape index (κ3) is 7.19. The molecule has 0 aliphatic carbocycles. The molecule has 0 aliphatic rings. The number of aromatic nitrogens is 3. The van der Waals surface area contributed by atoms with E-state index in [4.69, 9.17) is 4.74 Å². The molecule has 1 aromatic heterocycles. The van der Waals surface area contributed by atoms with Crippen LogP contribution in [0.5, 0.6) is 5.75 Å². The molecular weight excluding hydrogens is 478 g/mol. The van der Waals surface area contributed by atoms with E-state index in [1.54, 1.807) is 38.3 Å². The van der Waals surface area contributed by atoms with Gasteiger partial charge in [0.25, 0.3) is 0 Å². The first-order valence-electron chi connectivity index (χ1n) is 12.6. The molecule has 0 radical (unpaired) electrons. The molecule has 38 heavy (non-hydrogen) atoms. The summed E-state index contributed by atoms with van der Waals surface area (Å²) in [5.41, 5.74) is 4.84. The lowest BCUT2D eigenvalue weighted by atomic mass is 10.1. The molecule has 4 rings (SSSR count). The third-order valence-electron chi connectivity index (χ3n) is 5.97. The van der Waals surface area contributed by atoms with Crippen LogP contribution in [0.25, 0.3) is 0 Å². The molecule has 0 fully saturated rings. The molecule has 0 saturated carbocycles. The number of rotatable bonds is 11. The molecule has 1 amide bonds. The van der Waals surface area contributed by atoms with E-state index in [0.717, 1.165) is 24.2 Å². The largest absolute Gasteiger partial charge is 0.497 e. The van der Waals surface area contributed by atoms with Gasteiger partial charge in [0.2, 0.25) is 23.8 Å². The second kappa shape index (κ2) is 12.5. The van der Waals surface area contributed by atoms with Gasteiger partial charge >= 0.3 is 0 Å². The number of hydrogen-bond acceptors (Lipinski definition) is 8. The van der Waals surface area contributed by atoms with Crippen LogP contribution in [0.4, 0.5) is 34.9 Å². The Morgan fingerprint density at radius 3 is 1.61 bits per heavy atom. The van der Waals surface area contributed by atoms with Crippen LogP contribution in [0.15, 0.2) is 72.8 Å². The normalized spacial score (nSPS) is 11.4. The molecule has 1 atom stereocenters. The Hall–Kier alpha value is -4.66. The molecule has 4 N–H and O–H groups in total. The second-order valence-electron chi connectivity index (χ2n) is 8.74. The Balaban J connectivity index is 1.53. The summed E-state index contributed by atoms with van der Waals surface area (Å²) in [6.45, 7) is 5.97. The van der Waals surface area contributed by atoms with Gasteiger partial charge in [0.05, 0.1) is 7.11 Å². The SMILES string of the molecule is CCc1ccc(Nc2nc(Nc3ccc(CC)cc3)nc(N[C@@H](C)C(=O)Nc3ccc(OC)cc3)n2)cc1. The van der Waals surface area contributed by atoms with Gasteiger partial charge in [0.1, 0.15) is 11.8 Å². The van der Waals surface area contributed by atoms with Gasteiger partial charge in [-0.15, -0.1) is 0 Å². The smallest absolute Gasteiger partial charge is 0.246 e. The summed E-state index contributed by atoms with van der Waals surface area (Å²) in [6.07, 6.45) is 1.92. The van der Waals surface area contributed by atoms with Crippen molar-refractivity contribution in [1.29, 1.82) is 0 Å². The summed E-state index contributed by atoms with van der Waals surface area (Å²) < 4.78 is 5.17. The average molecular weight is 512 g/mol. The quantitative estimate of drug-likeness (QED) is 0.196. The summed E-state index contributed by atoms with van der Waals surface area (Å²) in [6, 6.07) is 22.7. The highest BCUT2D eigenvalue weighted by atomic mass is 16.5. The predicted molar refractivity (Wildman–Crippen MR) is 153 cm³/mol. The summed E-state index contributed by atoms with van der Waals surface area (Å²) >= 11 is 0. The molecule has 0 saturated heterocycles. The number of ether oxygens (including phenoxy) is 1. The van der Waals surface area contributed by atoms with Crippen molar-refractivity contribution < 1.29 is 9.53 Å². The second-order valence-corrected chi connectivity index (χ2v) is 8.74. The molecule has 0 bridgehead atoms. The zero-order chi connectivity index (χ0) is 26.9. The van der Waals surface area contributed by atoms with Crippen LogP contribution in [-0.4, -0.2) is 34.0 Å². The highest BCUT2D eigenvalue weighted by Gasteiger charge is 2.16. The minimum absolute atomic E-state index is 0.232. The van der Waals surface area contributed by atoms with Gasteiger partial charge in [-0.1, -0.05) is 38.1 Å². The fourth-order valence-corrected chi connectivity index (χ4v) is 3.64. The lowest BCUT2D eigenvalue weighted by molar-refractivity contribution is -0.116. The maximum Gasteiger partial charge on any atom is 0.246 e. The third-order valence-corrected chi connectivity index (χ3v) is 5.97. The maximum absolute atomic E-state index is 12.8. The van der Waals surface area contributed by atoms with Crippen molar-refractivity contribution in [2.24, 2.45) is 0 Å². The van der Waals surface area contributed by atoms with Crippen LogP contribution in [0, 0.1) is 0 Å². The molecule has 0 aliphatic heterocycles. The summed E-state index contributed by atoms with van der Waals surface area (Å²) in [4.78, 5) is 26.4. The monoisotopic (exact) mass is 511 g/mol. The zero-order valence-electron chi connectivity index (χ0n) is 22.1. The Labute approximate surface area is 223 Å². The van der Waals surface area contributed by atoms with Crippen molar-refractivity contribution in [2.75, 3.05) is 28.4 Å². The molecule has 4 aromatic rings. The molecule has 3 aromatic carbocycles. The Kier molecular flexibility index (Phi) is 8.71. The van der Waals surface area contributed by atoms with Gasteiger partial charge in [-0.05, 0) is 79.4 Å². The zero-order valence-corrected chi connectivity index (χ0v) is 22.1. The van der Waals surface area contributed by atoms with E-state index in [1.807, 2.05) is 24.3 Å². The van der Waals surface area contributed by atoms with Crippen molar-refractivity contribution in [3.8, 4) is 5.75 Å². The number of nitrogens with one attached hydrogen (secondary N) is 4. The number of anilines is 6. The Morgan fingerprint density at radius 1 is 0.711 bits per heavy atom. The standard InChI is InChI=1S/C29H33N7O2/c1-5-20-7-11-23(12-8-20)32-28-34-27(35-29(36-28)33-24-13-9-21(6-2)10-14-24)30-19(3)26(37)31-22-15-17-25(38-4)18-16-22/h7-19H,5-6H2,1-4H3,(H,31,37)(H3,30,32,33,34,35,36)/t19-/m0/s1. The minimum atomic E-state index is -0.618. The first-order chi connectivity index (χ1) is 18.4. The van der Waals surface area contributed by atoms with Crippen LogP contribution >= 0.6 is 0 Å². The number of carbonyl (C=O) groups is 1. The van der Waals surface area contributed by atoms with Crippen molar-refractivity contribution >= 4 is 40.8 Å². The van der Waals surface area contributed by atoms with Crippen LogP contribution < -0.4 is 26.0 Å². The number of methoxy groups -OCH3 is 1. The fraction of sp³-hybridized carbons (Fsp3) is 0.241. The lowest BCUT2D eigenvalue weighted by Gasteiger charge is -2.16. The number of benzene rings is 3. The highest BCUT2D eigenvalue weighted by Crippen LogP contribution is 2.21. The highest BCUT2D eigenvalue weighted by molar-refractivity contribution is 5.96. The van der Waals surface area contributed by atoms with Gasteiger partial charge < -0.3 is 26.0 Å². The Morgan fingerprint density at radius 2 is 1.16 bits per heavy atom. The van der Waals surface area contributed by atoms with Crippen LogP contribution in [0.3, 0.4) is 0 Å². The number of aryl methyl sites for hydroxylation is 2. The first kappa shape index (κ1) is 26.4. The number of amides is 1. The average Bonchev–Trinajstić information content (AvgIpc) is 2.94. The first-order valence-corrected chi connectivity index (χ1v) is 12.6. The molecule has 196 valence electrons. The van der Waals surface area contributed by atoms with Gasteiger partial charge in [-0.25, -0.2) is 0 Å². The van der Waals surface area contributed by atoms with E-state index in [1.165, 1.54) is 11.1 Å². The minimum Gasteiger partial charge on any atom is -0.497 e. The Bertz CT molecular complexity index is 1270. The van der Waals surface area contributed by atoms with Crippen LogP contribution in [-0.2, 0) is 17.6 Å². The maximum atomic E-state index is 12.8. The number of nitrogens with zero attached hydrogens (tertiary/aromatic N) is 3. The van der Waals surface area contributed by atoms with Gasteiger partial charge in [0.15, 0.2) is 0 Å². The van der Waals surface area contributed by atoms with E-state index in [0.29, 0.717) is 23.3 Å². The summed E-state index contributed by atoms with van der Waals surface area (Å²) in [5, 5.41) is 12.5. The van der Waals surface area contributed by atoms with Crippen molar-refractivity contribution in [2.45, 2.75) is 39.7 Å². The van der Waals surface area contributed by atoms with E-state index in [9.17, 15) is 4.79 Å². The molecular formula is C29H33N7O2. The predicted octanol–water partition coefficient (Wildman–Crippen LogP) is 5.93. The van der Waals surface area contributed by atoms with E-state index in [2.05, 4.69) is 74.3 Å². The van der Waals surface area contributed by atoms with E-state index >= 15 is 0 Å². The van der Waals surface area contributed by atoms with E-state index < -0.39 is 6.04 Å². The fourth-order valence-electron chi connectivity index (χ4n) is 3.64. The number of carbonyl (C=O) groups excluding carboxylic acids is 1. The van der Waals surface area contributed by atoms with Gasteiger partial charge in [-0.2, -0.15) is 15.0 Å². The van der Waals surface area contributed by atoms with Crippen molar-refractivity contribution in [3.05, 3.63) is 83.9 Å². The molecule has 0 spiro atoms. The van der Waals surface area contributed by atoms with E-state index in [-0.39, 0.29) is 11.9 Å². The van der Waals surface area contributed by atoms with Crippen LogP contribution in [0.2, 0.25) is 0 Å². The molecule has 0 unspecified atom stereocenters. The summed E-state index contributed by atoms with van der Waals surface area (Å²) in [5.74, 6) is 1.44. The molecule has 9 nitrogen and oxygen atoms in total. The summed E-state index contributed by atoms with van der Waals surface area (Å²) in [7, 11) is 1.60. The lowest BCUT2D eigenvalue weighted by Crippen LogP contribution is -2.32. The number of hydrogen-bond donors (Lipinski definition) is 4. The topological polar surface area (TPSA) is 113 Å². The van der Waals surface area contributed by atoms with Crippen molar-refractivity contribution in [1.82, 2.24) is 15.0 Å². The van der Waals surface area contributed by atoms with Crippen molar-refractivity contribution in [3.63, 3.8) is 0 Å². The van der Waals surface area contributed by atoms with Gasteiger partial charge in [0, 0.05) is 17.1 Å².